The van der Waals surface area contributed by atoms with Gasteiger partial charge in [-0.2, -0.15) is 0 Å². The highest BCUT2D eigenvalue weighted by molar-refractivity contribution is 5.73. The van der Waals surface area contributed by atoms with Gasteiger partial charge in [-0.05, 0) is 12.8 Å². The molecule has 0 bridgehead atoms. The molecule has 1 atom stereocenters. The minimum Gasteiger partial charge on any atom is -0.340 e. The van der Waals surface area contributed by atoms with Crippen molar-refractivity contribution in [3.63, 3.8) is 0 Å². The van der Waals surface area contributed by atoms with E-state index in [-0.39, 0.29) is 12.5 Å². The molecule has 0 spiro atoms. The highest BCUT2D eigenvalue weighted by Crippen LogP contribution is 2.11. The normalized spacial score (nSPS) is 26.6. The molecule has 1 rings (SSSR count). The molecule has 10 heavy (non-hydrogen) atoms. The first kappa shape index (κ1) is 7.51. The van der Waals surface area contributed by atoms with E-state index in [1.54, 1.807) is 6.42 Å². The van der Waals surface area contributed by atoms with Crippen LogP contribution in [0.3, 0.4) is 0 Å². The molecule has 0 aliphatic carbocycles. The second-order valence-electron chi connectivity index (χ2n) is 2.51. The molecule has 1 aliphatic heterocycles. The Balaban J connectivity index is 2.39. The fourth-order valence-corrected chi connectivity index (χ4v) is 1.07. The summed E-state index contributed by atoms with van der Waals surface area (Å²) in [7, 11) is 0. The standard InChI is InChI=1S/C7H11FNO/c1-6(10)9-4-2-3-7(8)5-9/h3,7H,2,4-5H2,1H3/t7-/m0/s1. The molecular formula is C7H11FNO. The van der Waals surface area contributed by atoms with Crippen LogP contribution in [0.1, 0.15) is 13.3 Å². The van der Waals surface area contributed by atoms with Crippen molar-refractivity contribution in [2.24, 2.45) is 0 Å². The van der Waals surface area contributed by atoms with Gasteiger partial charge in [-0.15, -0.1) is 0 Å². The third kappa shape index (κ3) is 1.69. The molecular weight excluding hydrogens is 133 g/mol. The van der Waals surface area contributed by atoms with E-state index in [2.05, 4.69) is 0 Å². The van der Waals surface area contributed by atoms with Crippen LogP contribution in [0.4, 0.5) is 4.39 Å². The van der Waals surface area contributed by atoms with Crippen molar-refractivity contribution in [2.45, 2.75) is 19.5 Å². The van der Waals surface area contributed by atoms with Gasteiger partial charge < -0.3 is 4.90 Å². The smallest absolute Gasteiger partial charge is 0.219 e. The summed E-state index contributed by atoms with van der Waals surface area (Å²) in [6.45, 7) is 2.39. The Labute approximate surface area is 60.0 Å². The van der Waals surface area contributed by atoms with E-state index in [9.17, 15) is 9.18 Å². The van der Waals surface area contributed by atoms with Crippen LogP contribution in [0.2, 0.25) is 0 Å². The Hall–Kier alpha value is -0.600. The monoisotopic (exact) mass is 144 g/mol. The van der Waals surface area contributed by atoms with Gasteiger partial charge in [0.05, 0.1) is 6.54 Å². The van der Waals surface area contributed by atoms with Crippen LogP contribution in [-0.4, -0.2) is 30.1 Å². The zero-order valence-corrected chi connectivity index (χ0v) is 6.01. The van der Waals surface area contributed by atoms with Crippen LogP contribution in [0, 0.1) is 6.42 Å². The van der Waals surface area contributed by atoms with E-state index in [0.29, 0.717) is 13.0 Å². The molecule has 2 nitrogen and oxygen atoms in total. The van der Waals surface area contributed by atoms with E-state index in [0.717, 1.165) is 0 Å². The predicted octanol–water partition coefficient (Wildman–Crippen LogP) is 0.781. The van der Waals surface area contributed by atoms with Gasteiger partial charge in [0, 0.05) is 13.5 Å². The second kappa shape index (κ2) is 2.99. The maximum atomic E-state index is 12.5. The van der Waals surface area contributed by atoms with E-state index in [1.165, 1.54) is 11.8 Å². The summed E-state index contributed by atoms with van der Waals surface area (Å²) < 4.78 is 12.5. The lowest BCUT2D eigenvalue weighted by atomic mass is 10.1. The van der Waals surface area contributed by atoms with Crippen molar-refractivity contribution in [3.8, 4) is 0 Å². The van der Waals surface area contributed by atoms with Gasteiger partial charge in [0.15, 0.2) is 0 Å². The number of carbonyl (C=O) groups is 1. The molecule has 0 aromatic heterocycles. The molecule has 0 unspecified atom stereocenters. The molecule has 1 aliphatic rings. The molecule has 1 amide bonds. The fraction of sp³-hybridized carbons (Fsp3) is 0.714. The third-order valence-electron chi connectivity index (χ3n) is 1.66. The van der Waals surface area contributed by atoms with Gasteiger partial charge in [0.1, 0.15) is 6.17 Å². The SMILES string of the molecule is CC(=O)N1CC[CH][C@H](F)C1. The average Bonchev–Trinajstić information content (AvgIpc) is 1.88. The third-order valence-corrected chi connectivity index (χ3v) is 1.66. The van der Waals surface area contributed by atoms with Gasteiger partial charge in [-0.25, -0.2) is 4.39 Å². The lowest BCUT2D eigenvalue weighted by Crippen LogP contribution is -2.39. The summed E-state index contributed by atoms with van der Waals surface area (Å²) >= 11 is 0. The number of rotatable bonds is 0. The summed E-state index contributed by atoms with van der Waals surface area (Å²) in [5, 5.41) is 0. The molecule has 0 aromatic rings. The van der Waals surface area contributed by atoms with Gasteiger partial charge in [-0.3, -0.25) is 4.79 Å². The van der Waals surface area contributed by atoms with E-state index in [4.69, 9.17) is 0 Å². The maximum absolute atomic E-state index is 12.5. The number of alkyl halides is 1. The van der Waals surface area contributed by atoms with Crippen molar-refractivity contribution < 1.29 is 9.18 Å². The molecule has 1 heterocycles. The highest BCUT2D eigenvalue weighted by atomic mass is 19.1. The van der Waals surface area contributed by atoms with Gasteiger partial charge in [0.25, 0.3) is 0 Å². The molecule has 57 valence electrons. The average molecular weight is 144 g/mol. The van der Waals surface area contributed by atoms with Crippen molar-refractivity contribution in [3.05, 3.63) is 6.42 Å². The Kier molecular flexibility index (Phi) is 2.25. The molecule has 1 fully saturated rings. The summed E-state index contributed by atoms with van der Waals surface area (Å²) in [5.74, 6) is -0.0317. The van der Waals surface area contributed by atoms with E-state index >= 15 is 0 Å². The molecule has 1 radical (unpaired) electrons. The Morgan fingerprint density at radius 2 is 2.50 bits per heavy atom. The number of halogens is 1. The van der Waals surface area contributed by atoms with Crippen molar-refractivity contribution in [1.29, 1.82) is 0 Å². The summed E-state index contributed by atoms with van der Waals surface area (Å²) in [6, 6.07) is 0. The van der Waals surface area contributed by atoms with Crippen LogP contribution in [0.25, 0.3) is 0 Å². The number of hydrogen-bond acceptors (Lipinski definition) is 1. The fourth-order valence-electron chi connectivity index (χ4n) is 1.07. The number of nitrogens with zero attached hydrogens (tertiary/aromatic N) is 1. The van der Waals surface area contributed by atoms with Crippen molar-refractivity contribution in [2.75, 3.05) is 13.1 Å². The molecule has 1 saturated heterocycles. The molecule has 0 aromatic carbocycles. The van der Waals surface area contributed by atoms with Crippen molar-refractivity contribution in [1.82, 2.24) is 4.90 Å². The van der Waals surface area contributed by atoms with Crippen LogP contribution >= 0.6 is 0 Å². The quantitative estimate of drug-likeness (QED) is 0.492. The topological polar surface area (TPSA) is 20.3 Å². The first-order valence-electron chi connectivity index (χ1n) is 3.43. The summed E-state index contributed by atoms with van der Waals surface area (Å²) in [4.78, 5) is 12.2. The molecule has 0 N–H and O–H groups in total. The lowest BCUT2D eigenvalue weighted by Gasteiger charge is -2.27. The van der Waals surface area contributed by atoms with Crippen LogP contribution in [0.15, 0.2) is 0 Å². The number of piperidine rings is 1. The number of likely N-dealkylation sites (tertiary alicyclic amines) is 1. The van der Waals surface area contributed by atoms with Crippen LogP contribution in [-0.2, 0) is 4.79 Å². The number of carbonyl (C=O) groups excluding carboxylic acids is 1. The summed E-state index contributed by atoms with van der Waals surface area (Å²) in [6.07, 6.45) is 1.37. The second-order valence-corrected chi connectivity index (χ2v) is 2.51. The lowest BCUT2D eigenvalue weighted by molar-refractivity contribution is -0.130. The maximum Gasteiger partial charge on any atom is 0.219 e. The van der Waals surface area contributed by atoms with Gasteiger partial charge in [-0.1, -0.05) is 0 Å². The first-order valence-corrected chi connectivity index (χ1v) is 3.43. The Morgan fingerprint density at radius 3 is 2.90 bits per heavy atom. The Bertz CT molecular complexity index is 138. The van der Waals surface area contributed by atoms with E-state index in [1.807, 2.05) is 0 Å². The molecule has 3 heteroatoms. The molecule has 0 saturated carbocycles. The van der Waals surface area contributed by atoms with Gasteiger partial charge in [0.2, 0.25) is 5.91 Å². The number of hydrogen-bond donors (Lipinski definition) is 0. The largest absolute Gasteiger partial charge is 0.340 e. The minimum absolute atomic E-state index is 0.0317. The van der Waals surface area contributed by atoms with Crippen LogP contribution in [0.5, 0.6) is 0 Å². The minimum atomic E-state index is -0.919. The van der Waals surface area contributed by atoms with E-state index < -0.39 is 6.17 Å². The zero-order valence-electron chi connectivity index (χ0n) is 6.01. The number of amides is 1. The zero-order chi connectivity index (χ0) is 7.56. The summed E-state index contributed by atoms with van der Waals surface area (Å²) in [5.41, 5.74) is 0. The predicted molar refractivity (Wildman–Crippen MR) is 36.1 cm³/mol. The van der Waals surface area contributed by atoms with Crippen LogP contribution < -0.4 is 0 Å². The van der Waals surface area contributed by atoms with Crippen molar-refractivity contribution >= 4 is 5.91 Å². The first-order chi connectivity index (χ1) is 4.70. The van der Waals surface area contributed by atoms with Gasteiger partial charge >= 0.3 is 0 Å². The highest BCUT2D eigenvalue weighted by Gasteiger charge is 2.20. The Morgan fingerprint density at radius 1 is 1.80 bits per heavy atom.